The summed E-state index contributed by atoms with van der Waals surface area (Å²) < 4.78 is 0. The predicted octanol–water partition coefficient (Wildman–Crippen LogP) is 5.34. The van der Waals surface area contributed by atoms with Crippen molar-refractivity contribution in [1.82, 2.24) is 4.98 Å². The second-order valence-electron chi connectivity index (χ2n) is 6.62. The van der Waals surface area contributed by atoms with E-state index >= 15 is 0 Å². The summed E-state index contributed by atoms with van der Waals surface area (Å²) in [6.07, 6.45) is 2.07. The van der Waals surface area contributed by atoms with Crippen LogP contribution in [0, 0.1) is 12.3 Å². The number of pyridine rings is 1. The van der Waals surface area contributed by atoms with E-state index in [0.29, 0.717) is 5.41 Å². The number of hydrogen-bond acceptors (Lipinski definition) is 2. The number of nitrogens with zero attached hydrogens (tertiary/aromatic N) is 2. The van der Waals surface area contributed by atoms with Crippen molar-refractivity contribution < 1.29 is 0 Å². The van der Waals surface area contributed by atoms with Gasteiger partial charge in [-0.3, -0.25) is 0 Å². The molecule has 0 saturated carbocycles. The fraction of sp³-hybridized carbons (Fsp3) is 0.368. The SMILES string of the molecule is Cc1cccc(/N=C(\CCC(C)(C)C)c2ccccc2)n1. The quantitative estimate of drug-likeness (QED) is 0.694. The average Bonchev–Trinajstić information content (AvgIpc) is 2.43. The van der Waals surface area contributed by atoms with Gasteiger partial charge in [0.05, 0.1) is 5.71 Å². The molecule has 0 saturated heterocycles. The number of hydrogen-bond donors (Lipinski definition) is 0. The second-order valence-corrected chi connectivity index (χ2v) is 6.62. The molecule has 0 aliphatic heterocycles. The molecule has 21 heavy (non-hydrogen) atoms. The van der Waals surface area contributed by atoms with Gasteiger partial charge in [0, 0.05) is 5.69 Å². The predicted molar refractivity (Wildman–Crippen MR) is 90.3 cm³/mol. The van der Waals surface area contributed by atoms with Crippen LogP contribution in [0.1, 0.15) is 44.9 Å². The van der Waals surface area contributed by atoms with Crippen LogP contribution in [0.5, 0.6) is 0 Å². The van der Waals surface area contributed by atoms with E-state index in [1.54, 1.807) is 0 Å². The monoisotopic (exact) mass is 280 g/mol. The molecule has 1 aromatic carbocycles. The van der Waals surface area contributed by atoms with E-state index in [9.17, 15) is 0 Å². The molecule has 1 aromatic heterocycles. The fourth-order valence-corrected chi connectivity index (χ4v) is 2.12. The maximum Gasteiger partial charge on any atom is 0.152 e. The van der Waals surface area contributed by atoms with E-state index in [2.05, 4.69) is 50.0 Å². The Kier molecular flexibility index (Phi) is 4.89. The molecular formula is C19H24N2. The summed E-state index contributed by atoms with van der Waals surface area (Å²) in [6.45, 7) is 8.79. The molecular weight excluding hydrogens is 256 g/mol. The molecule has 0 unspecified atom stereocenters. The first-order valence-electron chi connectivity index (χ1n) is 7.51. The molecule has 0 aliphatic carbocycles. The number of aromatic nitrogens is 1. The van der Waals surface area contributed by atoms with Crippen LogP contribution in [0.3, 0.4) is 0 Å². The van der Waals surface area contributed by atoms with Crippen LogP contribution in [0.25, 0.3) is 0 Å². The zero-order chi connectivity index (χ0) is 15.3. The fourth-order valence-electron chi connectivity index (χ4n) is 2.12. The summed E-state index contributed by atoms with van der Waals surface area (Å²) in [5.41, 5.74) is 3.60. The minimum atomic E-state index is 0.301. The molecule has 0 fully saturated rings. The topological polar surface area (TPSA) is 25.2 Å². The lowest BCUT2D eigenvalue weighted by Gasteiger charge is -2.18. The Morgan fingerprint density at radius 2 is 1.71 bits per heavy atom. The first-order chi connectivity index (χ1) is 9.94. The summed E-state index contributed by atoms with van der Waals surface area (Å²) in [7, 11) is 0. The van der Waals surface area contributed by atoms with E-state index in [1.807, 2.05) is 31.2 Å². The Bertz CT molecular complexity index is 607. The van der Waals surface area contributed by atoms with Crippen molar-refractivity contribution >= 4 is 11.5 Å². The standard InChI is InChI=1S/C19H24N2/c1-15-9-8-12-18(20-15)21-17(13-14-19(2,3)4)16-10-6-5-7-11-16/h5-12H,13-14H2,1-4H3/b21-17+. The van der Waals surface area contributed by atoms with Gasteiger partial charge >= 0.3 is 0 Å². The van der Waals surface area contributed by atoms with Crippen molar-refractivity contribution in [2.24, 2.45) is 10.4 Å². The smallest absolute Gasteiger partial charge is 0.152 e. The van der Waals surface area contributed by atoms with Crippen molar-refractivity contribution in [3.05, 3.63) is 59.8 Å². The molecule has 2 rings (SSSR count). The highest BCUT2D eigenvalue weighted by atomic mass is 14.9. The van der Waals surface area contributed by atoms with Gasteiger partial charge in [0.2, 0.25) is 0 Å². The summed E-state index contributed by atoms with van der Waals surface area (Å²) in [5, 5.41) is 0. The summed E-state index contributed by atoms with van der Waals surface area (Å²) in [6, 6.07) is 16.4. The molecule has 0 N–H and O–H groups in total. The Morgan fingerprint density at radius 1 is 1.00 bits per heavy atom. The Labute approximate surface area is 128 Å². The van der Waals surface area contributed by atoms with Gasteiger partial charge in [0.1, 0.15) is 0 Å². The Hall–Kier alpha value is -1.96. The minimum absolute atomic E-state index is 0.301. The first kappa shape index (κ1) is 15.4. The van der Waals surface area contributed by atoms with E-state index in [1.165, 1.54) is 5.56 Å². The average molecular weight is 280 g/mol. The lowest BCUT2D eigenvalue weighted by molar-refractivity contribution is 0.386. The van der Waals surface area contributed by atoms with Gasteiger partial charge in [0.15, 0.2) is 5.82 Å². The molecule has 0 bridgehead atoms. The lowest BCUT2D eigenvalue weighted by Crippen LogP contribution is -2.10. The highest BCUT2D eigenvalue weighted by Crippen LogP contribution is 2.23. The van der Waals surface area contributed by atoms with Crippen LogP contribution in [0.4, 0.5) is 5.82 Å². The van der Waals surface area contributed by atoms with Crippen LogP contribution in [0.2, 0.25) is 0 Å². The van der Waals surface area contributed by atoms with Crippen LogP contribution in [0.15, 0.2) is 53.5 Å². The van der Waals surface area contributed by atoms with Crippen molar-refractivity contribution in [3.63, 3.8) is 0 Å². The van der Waals surface area contributed by atoms with E-state index in [0.717, 1.165) is 30.1 Å². The van der Waals surface area contributed by atoms with Crippen molar-refractivity contribution in [2.75, 3.05) is 0 Å². The minimum Gasteiger partial charge on any atom is -0.234 e. The highest BCUT2D eigenvalue weighted by Gasteiger charge is 2.13. The number of aryl methyl sites for hydroxylation is 1. The molecule has 0 atom stereocenters. The third kappa shape index (κ3) is 5.14. The van der Waals surface area contributed by atoms with Crippen molar-refractivity contribution in [1.29, 1.82) is 0 Å². The lowest BCUT2D eigenvalue weighted by atomic mass is 9.88. The van der Waals surface area contributed by atoms with Gasteiger partial charge in [-0.1, -0.05) is 57.2 Å². The molecule has 2 aromatic rings. The molecule has 0 radical (unpaired) electrons. The molecule has 0 spiro atoms. The largest absolute Gasteiger partial charge is 0.234 e. The molecule has 2 heteroatoms. The van der Waals surface area contributed by atoms with Gasteiger partial charge < -0.3 is 0 Å². The molecule has 2 nitrogen and oxygen atoms in total. The van der Waals surface area contributed by atoms with E-state index in [-0.39, 0.29) is 0 Å². The summed E-state index contributed by atoms with van der Waals surface area (Å²) in [4.78, 5) is 9.29. The Morgan fingerprint density at radius 3 is 2.33 bits per heavy atom. The number of rotatable bonds is 4. The first-order valence-corrected chi connectivity index (χ1v) is 7.51. The van der Waals surface area contributed by atoms with Crippen LogP contribution in [-0.2, 0) is 0 Å². The maximum absolute atomic E-state index is 4.80. The Balaban J connectivity index is 2.31. The molecule has 1 heterocycles. The van der Waals surface area contributed by atoms with Crippen molar-refractivity contribution in [2.45, 2.75) is 40.5 Å². The third-order valence-corrected chi connectivity index (χ3v) is 3.34. The zero-order valence-electron chi connectivity index (χ0n) is 13.4. The molecule has 110 valence electrons. The number of aliphatic imine (C=N–C) groups is 1. The maximum atomic E-state index is 4.80. The van der Waals surface area contributed by atoms with Gasteiger partial charge in [0.25, 0.3) is 0 Å². The third-order valence-electron chi connectivity index (χ3n) is 3.34. The highest BCUT2D eigenvalue weighted by molar-refractivity contribution is 6.01. The zero-order valence-corrected chi connectivity index (χ0v) is 13.4. The van der Waals surface area contributed by atoms with Crippen LogP contribution >= 0.6 is 0 Å². The summed E-state index contributed by atoms with van der Waals surface area (Å²) >= 11 is 0. The van der Waals surface area contributed by atoms with Crippen molar-refractivity contribution in [3.8, 4) is 0 Å². The van der Waals surface area contributed by atoms with Gasteiger partial charge in [-0.05, 0) is 42.9 Å². The van der Waals surface area contributed by atoms with Gasteiger partial charge in [-0.15, -0.1) is 0 Å². The van der Waals surface area contributed by atoms with Gasteiger partial charge in [-0.2, -0.15) is 0 Å². The summed E-state index contributed by atoms with van der Waals surface area (Å²) in [5.74, 6) is 0.794. The molecule has 0 aliphatic rings. The van der Waals surface area contributed by atoms with E-state index in [4.69, 9.17) is 4.99 Å². The van der Waals surface area contributed by atoms with Crippen LogP contribution in [-0.4, -0.2) is 10.7 Å². The molecule has 0 amide bonds. The van der Waals surface area contributed by atoms with Gasteiger partial charge in [-0.25, -0.2) is 9.98 Å². The van der Waals surface area contributed by atoms with E-state index < -0.39 is 0 Å². The normalized spacial score (nSPS) is 12.5. The van der Waals surface area contributed by atoms with Crippen LogP contribution < -0.4 is 0 Å². The number of benzene rings is 1. The second kappa shape index (κ2) is 6.66.